The van der Waals surface area contributed by atoms with E-state index < -0.39 is 0 Å². The van der Waals surface area contributed by atoms with Crippen LogP contribution in [0.5, 0.6) is 0 Å². The van der Waals surface area contributed by atoms with Gasteiger partial charge in [-0.2, -0.15) is 0 Å². The Morgan fingerprint density at radius 3 is 2.38 bits per heavy atom. The lowest BCUT2D eigenvalue weighted by Crippen LogP contribution is -2.04. The number of rotatable bonds is 1. The Hall–Kier alpha value is -1.34. The molecule has 2 aromatic rings. The molecule has 0 fully saturated rings. The van der Waals surface area contributed by atoms with Gasteiger partial charge >= 0.3 is 0 Å². The molecule has 66 valence electrons. The molecule has 1 nitrogen and oxygen atoms in total. The second-order valence-corrected chi connectivity index (χ2v) is 3.40. The molecule has 0 aliphatic rings. The quantitative estimate of drug-likeness (QED) is 0.701. The molecule has 0 heterocycles. The van der Waals surface area contributed by atoms with Crippen LogP contribution in [0.4, 0.5) is 0 Å². The molecule has 1 heteroatoms. The Kier molecular flexibility index (Phi) is 2.03. The number of hydrogen-bond donors (Lipinski definition) is 1. The van der Waals surface area contributed by atoms with Crippen LogP contribution in [-0.2, 0) is 0 Å². The van der Waals surface area contributed by atoms with Crippen LogP contribution in [-0.4, -0.2) is 0 Å². The molecule has 0 aromatic heterocycles. The van der Waals surface area contributed by atoms with E-state index in [0.717, 1.165) is 0 Å². The summed E-state index contributed by atoms with van der Waals surface area (Å²) in [5.74, 6) is 0. The predicted molar refractivity (Wildman–Crippen MR) is 56.6 cm³/mol. The van der Waals surface area contributed by atoms with Crippen molar-refractivity contribution in [2.24, 2.45) is 5.73 Å². The summed E-state index contributed by atoms with van der Waals surface area (Å²) < 4.78 is 0. The molecule has 0 radical (unpaired) electrons. The van der Waals surface area contributed by atoms with E-state index >= 15 is 0 Å². The fourth-order valence-electron chi connectivity index (χ4n) is 1.49. The molecular formula is C12H13N. The number of hydrogen-bond acceptors (Lipinski definition) is 1. The molecule has 0 aliphatic heterocycles. The topological polar surface area (TPSA) is 26.0 Å². The molecule has 0 saturated heterocycles. The fourth-order valence-corrected chi connectivity index (χ4v) is 1.49. The summed E-state index contributed by atoms with van der Waals surface area (Å²) in [6, 6.07) is 14.8. The van der Waals surface area contributed by atoms with Crippen LogP contribution in [0.15, 0.2) is 42.5 Å². The molecular weight excluding hydrogens is 158 g/mol. The summed E-state index contributed by atoms with van der Waals surface area (Å²) in [5, 5.41) is 2.53. The molecule has 1 unspecified atom stereocenters. The highest BCUT2D eigenvalue weighted by molar-refractivity contribution is 5.83. The number of nitrogens with two attached hydrogens (primary N) is 1. The summed E-state index contributed by atoms with van der Waals surface area (Å²) >= 11 is 0. The average molecular weight is 171 g/mol. The van der Waals surface area contributed by atoms with Gasteiger partial charge in [-0.3, -0.25) is 0 Å². The van der Waals surface area contributed by atoms with Crippen molar-refractivity contribution in [1.29, 1.82) is 0 Å². The summed E-state index contributed by atoms with van der Waals surface area (Å²) in [6.07, 6.45) is 0. The summed E-state index contributed by atoms with van der Waals surface area (Å²) in [6.45, 7) is 2.00. The minimum atomic E-state index is 0.115. The van der Waals surface area contributed by atoms with Gasteiger partial charge in [-0.25, -0.2) is 0 Å². The predicted octanol–water partition coefficient (Wildman–Crippen LogP) is 2.86. The highest BCUT2D eigenvalue weighted by Crippen LogP contribution is 2.18. The molecule has 2 N–H and O–H groups in total. The summed E-state index contributed by atoms with van der Waals surface area (Å²) in [7, 11) is 0. The third kappa shape index (κ3) is 1.56. The largest absolute Gasteiger partial charge is 0.324 e. The van der Waals surface area contributed by atoms with Gasteiger partial charge in [-0.15, -0.1) is 0 Å². The van der Waals surface area contributed by atoms with Crippen LogP contribution in [0, 0.1) is 0 Å². The third-order valence-electron chi connectivity index (χ3n) is 2.30. The maximum Gasteiger partial charge on any atom is 0.0266 e. The molecule has 0 saturated carbocycles. The van der Waals surface area contributed by atoms with Crippen LogP contribution in [0.2, 0.25) is 0 Å². The smallest absolute Gasteiger partial charge is 0.0266 e. The second-order valence-electron chi connectivity index (χ2n) is 3.40. The monoisotopic (exact) mass is 171 g/mol. The van der Waals surface area contributed by atoms with Crippen LogP contribution in [0.3, 0.4) is 0 Å². The highest BCUT2D eigenvalue weighted by Gasteiger charge is 1.99. The van der Waals surface area contributed by atoms with Crippen molar-refractivity contribution in [1.82, 2.24) is 0 Å². The van der Waals surface area contributed by atoms with Gasteiger partial charge < -0.3 is 5.73 Å². The first-order chi connectivity index (χ1) is 6.27. The van der Waals surface area contributed by atoms with Crippen LogP contribution >= 0.6 is 0 Å². The van der Waals surface area contributed by atoms with E-state index in [0.29, 0.717) is 0 Å². The zero-order valence-corrected chi connectivity index (χ0v) is 7.70. The van der Waals surface area contributed by atoms with E-state index in [2.05, 4.69) is 30.3 Å². The molecule has 0 amide bonds. The van der Waals surface area contributed by atoms with Gasteiger partial charge in [-0.1, -0.05) is 36.4 Å². The van der Waals surface area contributed by atoms with E-state index in [1.165, 1.54) is 16.3 Å². The number of benzene rings is 2. The summed E-state index contributed by atoms with van der Waals surface area (Å²) in [5.41, 5.74) is 7.00. The maximum absolute atomic E-state index is 5.80. The van der Waals surface area contributed by atoms with Crippen molar-refractivity contribution < 1.29 is 0 Å². The van der Waals surface area contributed by atoms with Crippen molar-refractivity contribution in [3.63, 3.8) is 0 Å². The lowest BCUT2D eigenvalue weighted by molar-refractivity contribution is 0.820. The molecule has 13 heavy (non-hydrogen) atoms. The van der Waals surface area contributed by atoms with Crippen molar-refractivity contribution >= 4 is 10.8 Å². The zero-order valence-electron chi connectivity index (χ0n) is 7.70. The van der Waals surface area contributed by atoms with Crippen molar-refractivity contribution in [2.75, 3.05) is 0 Å². The number of fused-ring (bicyclic) bond motifs is 1. The zero-order chi connectivity index (χ0) is 9.26. The first-order valence-corrected chi connectivity index (χ1v) is 4.51. The Bertz CT molecular complexity index is 418. The molecule has 1 atom stereocenters. The van der Waals surface area contributed by atoms with E-state index in [1.54, 1.807) is 0 Å². The SMILES string of the molecule is CC(N)c1ccc2ccccc2c1. The van der Waals surface area contributed by atoms with E-state index in [4.69, 9.17) is 5.73 Å². The minimum absolute atomic E-state index is 0.115. The highest BCUT2D eigenvalue weighted by atomic mass is 14.6. The van der Waals surface area contributed by atoms with Gasteiger partial charge in [-0.05, 0) is 29.3 Å². The lowest BCUT2D eigenvalue weighted by Gasteiger charge is -2.06. The lowest BCUT2D eigenvalue weighted by atomic mass is 10.0. The first-order valence-electron chi connectivity index (χ1n) is 4.51. The third-order valence-corrected chi connectivity index (χ3v) is 2.30. The Labute approximate surface area is 78.2 Å². The van der Waals surface area contributed by atoms with Gasteiger partial charge in [0.05, 0.1) is 0 Å². The van der Waals surface area contributed by atoms with E-state index in [1.807, 2.05) is 19.1 Å². The normalized spacial score (nSPS) is 13.1. The summed E-state index contributed by atoms with van der Waals surface area (Å²) in [4.78, 5) is 0. The first kappa shape index (κ1) is 8.27. The van der Waals surface area contributed by atoms with E-state index in [9.17, 15) is 0 Å². The van der Waals surface area contributed by atoms with Crippen LogP contribution in [0.1, 0.15) is 18.5 Å². The van der Waals surface area contributed by atoms with Crippen molar-refractivity contribution in [3.8, 4) is 0 Å². The molecule has 2 rings (SSSR count). The molecule has 0 aliphatic carbocycles. The Balaban J connectivity index is 2.62. The molecule has 0 bridgehead atoms. The van der Waals surface area contributed by atoms with Crippen LogP contribution < -0.4 is 5.73 Å². The van der Waals surface area contributed by atoms with Gasteiger partial charge in [0.1, 0.15) is 0 Å². The van der Waals surface area contributed by atoms with Crippen molar-refractivity contribution in [3.05, 3.63) is 48.0 Å². The Morgan fingerprint density at radius 1 is 1.00 bits per heavy atom. The van der Waals surface area contributed by atoms with E-state index in [-0.39, 0.29) is 6.04 Å². The Morgan fingerprint density at radius 2 is 1.69 bits per heavy atom. The van der Waals surface area contributed by atoms with Gasteiger partial charge in [0.25, 0.3) is 0 Å². The average Bonchev–Trinajstić information content (AvgIpc) is 2.17. The van der Waals surface area contributed by atoms with Gasteiger partial charge in [0.15, 0.2) is 0 Å². The van der Waals surface area contributed by atoms with Crippen LogP contribution in [0.25, 0.3) is 10.8 Å². The minimum Gasteiger partial charge on any atom is -0.324 e. The standard InChI is InChI=1S/C12H13N/c1-9(13)11-7-6-10-4-2-3-5-12(10)8-11/h2-9H,13H2,1H3. The maximum atomic E-state index is 5.80. The molecule has 0 spiro atoms. The van der Waals surface area contributed by atoms with Gasteiger partial charge in [0, 0.05) is 6.04 Å². The molecule has 2 aromatic carbocycles. The van der Waals surface area contributed by atoms with Gasteiger partial charge in [0.2, 0.25) is 0 Å². The second kappa shape index (κ2) is 3.19. The fraction of sp³-hybridized carbons (Fsp3) is 0.167. The van der Waals surface area contributed by atoms with Crippen molar-refractivity contribution in [2.45, 2.75) is 13.0 Å².